The second-order valence-electron chi connectivity index (χ2n) is 7.53. The number of nitrogens with zero attached hydrogens (tertiary/aromatic N) is 2. The Bertz CT molecular complexity index is 1030. The molecule has 32 heavy (non-hydrogen) atoms. The summed E-state index contributed by atoms with van der Waals surface area (Å²) < 4.78 is 5.42. The number of carbonyl (C=O) groups is 3. The summed E-state index contributed by atoms with van der Waals surface area (Å²) in [6.45, 7) is 2.76. The van der Waals surface area contributed by atoms with Gasteiger partial charge in [-0.3, -0.25) is 19.9 Å². The Balaban J connectivity index is 1.47. The molecule has 1 aromatic carbocycles. The highest BCUT2D eigenvalue weighted by atomic mass is 32.1. The van der Waals surface area contributed by atoms with Crippen molar-refractivity contribution in [1.82, 2.24) is 20.7 Å². The molecule has 0 spiro atoms. The fraction of sp³-hybridized carbons (Fsp3) is 0.261. The Morgan fingerprint density at radius 3 is 2.59 bits per heavy atom. The van der Waals surface area contributed by atoms with Gasteiger partial charge in [0.25, 0.3) is 11.8 Å². The van der Waals surface area contributed by atoms with Crippen molar-refractivity contribution in [3.63, 3.8) is 0 Å². The molecule has 4 rings (SSSR count). The maximum atomic E-state index is 13.2. The Labute approximate surface area is 189 Å². The largest absolute Gasteiger partial charge is 0.468 e. The van der Waals surface area contributed by atoms with Crippen molar-refractivity contribution in [2.75, 3.05) is 6.54 Å². The second kappa shape index (κ2) is 9.37. The molecule has 0 radical (unpaired) electrons. The molecule has 1 atom stereocenters. The van der Waals surface area contributed by atoms with E-state index in [4.69, 9.17) is 4.42 Å². The van der Waals surface area contributed by atoms with Gasteiger partial charge in [-0.2, -0.15) is 5.01 Å². The lowest BCUT2D eigenvalue weighted by Gasteiger charge is -2.26. The van der Waals surface area contributed by atoms with Crippen molar-refractivity contribution in [3.8, 4) is 0 Å². The van der Waals surface area contributed by atoms with Gasteiger partial charge in [0.15, 0.2) is 0 Å². The van der Waals surface area contributed by atoms with Crippen LogP contribution in [-0.4, -0.2) is 34.3 Å². The predicted molar refractivity (Wildman–Crippen MR) is 119 cm³/mol. The molecule has 0 bridgehead atoms. The molecule has 8 nitrogen and oxygen atoms in total. The summed E-state index contributed by atoms with van der Waals surface area (Å²) in [6.07, 6.45) is 1.94. The number of thiophene rings is 1. The van der Waals surface area contributed by atoms with Crippen LogP contribution in [0.2, 0.25) is 0 Å². The number of hydrogen-bond acceptors (Lipinski definition) is 6. The van der Waals surface area contributed by atoms with Crippen LogP contribution in [0.15, 0.2) is 70.7 Å². The van der Waals surface area contributed by atoms with Gasteiger partial charge in [-0.05, 0) is 35.6 Å². The van der Waals surface area contributed by atoms with E-state index in [0.717, 1.165) is 15.6 Å². The fourth-order valence-corrected chi connectivity index (χ4v) is 4.56. The number of furan rings is 1. The van der Waals surface area contributed by atoms with Gasteiger partial charge in [0.05, 0.1) is 19.4 Å². The first-order chi connectivity index (χ1) is 15.5. The molecule has 166 valence electrons. The van der Waals surface area contributed by atoms with Crippen molar-refractivity contribution in [2.45, 2.75) is 32.0 Å². The number of rotatable bonds is 9. The predicted octanol–water partition coefficient (Wildman–Crippen LogP) is 3.23. The number of imide groups is 1. The smallest absolute Gasteiger partial charge is 0.344 e. The van der Waals surface area contributed by atoms with Crippen molar-refractivity contribution in [3.05, 3.63) is 82.4 Å². The first-order valence-corrected chi connectivity index (χ1v) is 11.2. The molecule has 0 aliphatic carbocycles. The van der Waals surface area contributed by atoms with Gasteiger partial charge in [0, 0.05) is 11.4 Å². The summed E-state index contributed by atoms with van der Waals surface area (Å²) in [5.41, 5.74) is 1.97. The first kappa shape index (κ1) is 21.8. The highest BCUT2D eigenvalue weighted by molar-refractivity contribution is 7.09. The van der Waals surface area contributed by atoms with Gasteiger partial charge in [0.1, 0.15) is 11.3 Å². The zero-order chi connectivity index (χ0) is 22.6. The lowest BCUT2D eigenvalue weighted by molar-refractivity contribution is -0.140. The topological polar surface area (TPSA) is 94.9 Å². The normalized spacial score (nSPS) is 18.2. The van der Waals surface area contributed by atoms with Crippen LogP contribution >= 0.6 is 11.3 Å². The van der Waals surface area contributed by atoms with Crippen molar-refractivity contribution >= 4 is 29.2 Å². The van der Waals surface area contributed by atoms with E-state index in [1.54, 1.807) is 35.8 Å². The number of carbonyl (C=O) groups excluding carboxylic acids is 3. The standard InChI is InChI=1S/C23H24N4O4S/c1-2-23(17-8-4-3-5-9-17)21(29)27(22(30)24-23)25-20(28)16-26(14-18-10-6-12-31-18)15-19-11-7-13-32-19/h3-13H,2,14-16H2,1H3,(H,24,30)(H,25,28). The van der Waals surface area contributed by atoms with E-state index in [1.165, 1.54) is 0 Å². The van der Waals surface area contributed by atoms with Crippen LogP contribution in [0.4, 0.5) is 4.79 Å². The van der Waals surface area contributed by atoms with Gasteiger partial charge in [0.2, 0.25) is 0 Å². The number of hydrazine groups is 1. The lowest BCUT2D eigenvalue weighted by atomic mass is 9.87. The lowest BCUT2D eigenvalue weighted by Crippen LogP contribution is -2.51. The molecule has 3 aromatic rings. The van der Waals surface area contributed by atoms with Gasteiger partial charge in [-0.1, -0.05) is 43.3 Å². The van der Waals surface area contributed by atoms with Crippen LogP contribution in [0.25, 0.3) is 0 Å². The van der Waals surface area contributed by atoms with E-state index in [9.17, 15) is 14.4 Å². The molecule has 1 unspecified atom stereocenters. The summed E-state index contributed by atoms with van der Waals surface area (Å²) in [4.78, 5) is 41.6. The molecule has 2 N–H and O–H groups in total. The number of nitrogens with one attached hydrogen (secondary N) is 2. The van der Waals surface area contributed by atoms with E-state index in [0.29, 0.717) is 25.1 Å². The minimum absolute atomic E-state index is 0.0138. The zero-order valence-corrected chi connectivity index (χ0v) is 18.4. The van der Waals surface area contributed by atoms with Crippen LogP contribution in [0.3, 0.4) is 0 Å². The van der Waals surface area contributed by atoms with Gasteiger partial charge < -0.3 is 9.73 Å². The van der Waals surface area contributed by atoms with E-state index in [-0.39, 0.29) is 6.54 Å². The average Bonchev–Trinajstić information content (AvgIpc) is 3.54. The molecular formula is C23H24N4O4S. The van der Waals surface area contributed by atoms with Crippen molar-refractivity contribution in [1.29, 1.82) is 0 Å². The van der Waals surface area contributed by atoms with Crippen molar-refractivity contribution in [2.24, 2.45) is 0 Å². The molecule has 1 aliphatic heterocycles. The summed E-state index contributed by atoms with van der Waals surface area (Å²) in [7, 11) is 0. The summed E-state index contributed by atoms with van der Waals surface area (Å²) in [6, 6.07) is 16.0. The molecule has 1 saturated heterocycles. The Morgan fingerprint density at radius 1 is 1.12 bits per heavy atom. The summed E-state index contributed by atoms with van der Waals surface area (Å²) in [5.74, 6) is -0.240. The van der Waals surface area contributed by atoms with Crippen LogP contribution in [0, 0.1) is 0 Å². The first-order valence-electron chi connectivity index (χ1n) is 10.3. The molecular weight excluding hydrogens is 428 g/mol. The summed E-state index contributed by atoms with van der Waals surface area (Å²) >= 11 is 1.59. The summed E-state index contributed by atoms with van der Waals surface area (Å²) in [5, 5.41) is 5.52. The Morgan fingerprint density at radius 2 is 1.94 bits per heavy atom. The molecule has 4 amide bonds. The van der Waals surface area contributed by atoms with Gasteiger partial charge >= 0.3 is 6.03 Å². The molecule has 2 aromatic heterocycles. The maximum absolute atomic E-state index is 13.2. The molecule has 3 heterocycles. The highest BCUT2D eigenvalue weighted by Gasteiger charge is 2.52. The molecule has 0 saturated carbocycles. The number of urea groups is 1. The van der Waals surface area contributed by atoms with Crippen LogP contribution in [-0.2, 0) is 28.2 Å². The third-order valence-corrected chi connectivity index (χ3v) is 6.27. The minimum atomic E-state index is -1.20. The minimum Gasteiger partial charge on any atom is -0.468 e. The number of benzene rings is 1. The average molecular weight is 453 g/mol. The third-order valence-electron chi connectivity index (χ3n) is 5.41. The maximum Gasteiger partial charge on any atom is 0.344 e. The molecule has 1 fully saturated rings. The third kappa shape index (κ3) is 4.44. The Kier molecular flexibility index (Phi) is 6.38. The molecule has 9 heteroatoms. The number of amides is 4. The second-order valence-corrected chi connectivity index (χ2v) is 8.57. The number of hydrogen-bond donors (Lipinski definition) is 2. The van der Waals surface area contributed by atoms with Gasteiger partial charge in [-0.25, -0.2) is 4.79 Å². The van der Waals surface area contributed by atoms with E-state index in [1.807, 2.05) is 53.6 Å². The monoisotopic (exact) mass is 452 g/mol. The van der Waals surface area contributed by atoms with E-state index >= 15 is 0 Å². The van der Waals surface area contributed by atoms with Crippen LogP contribution in [0.5, 0.6) is 0 Å². The quantitative estimate of drug-likeness (QED) is 0.486. The Hall–Kier alpha value is -3.43. The van der Waals surface area contributed by atoms with Crippen molar-refractivity contribution < 1.29 is 18.8 Å². The van der Waals surface area contributed by atoms with Crippen LogP contribution < -0.4 is 10.7 Å². The highest BCUT2D eigenvalue weighted by Crippen LogP contribution is 2.31. The van der Waals surface area contributed by atoms with E-state index < -0.39 is 23.4 Å². The van der Waals surface area contributed by atoms with E-state index in [2.05, 4.69) is 10.7 Å². The molecule has 1 aliphatic rings. The SMILES string of the molecule is CCC1(c2ccccc2)NC(=O)N(NC(=O)CN(Cc2ccco2)Cc2cccs2)C1=O. The fourth-order valence-electron chi connectivity index (χ4n) is 3.82. The zero-order valence-electron chi connectivity index (χ0n) is 17.6. The van der Waals surface area contributed by atoms with Crippen LogP contribution in [0.1, 0.15) is 29.5 Å². The van der Waals surface area contributed by atoms with Gasteiger partial charge in [-0.15, -0.1) is 11.3 Å².